The molecular formula is C17H29NO4S. The molecule has 1 aliphatic rings. The minimum Gasteiger partial charge on any atom is -0.464 e. The Bertz CT molecular complexity index is 594. The third-order valence-electron chi connectivity index (χ3n) is 4.27. The zero-order valence-electron chi connectivity index (χ0n) is 14.6. The third kappa shape index (κ3) is 5.33. The molecule has 132 valence electrons. The normalized spacial score (nSPS) is 19.0. The standard InChI is InChI=1S/C17H29NO4S/c1-5-14-6-7-15(22-14)16(17(2,3)4)18-23(19,20)12-13-8-10-21-11-9-13/h6-7,13,16,18H,5,8-12H2,1-4H3/t16-/m0/s1. The Labute approximate surface area is 139 Å². The second-order valence-corrected chi connectivity index (χ2v) is 9.21. The molecule has 1 fully saturated rings. The van der Waals surface area contributed by atoms with Crippen molar-refractivity contribution in [1.82, 2.24) is 4.72 Å². The monoisotopic (exact) mass is 343 g/mol. The predicted octanol–water partition coefficient (Wildman–Crippen LogP) is 3.28. The lowest BCUT2D eigenvalue weighted by atomic mass is 9.86. The second kappa shape index (κ2) is 7.36. The molecule has 0 radical (unpaired) electrons. The molecule has 0 aromatic carbocycles. The van der Waals surface area contributed by atoms with Crippen molar-refractivity contribution in [2.45, 2.75) is 53.0 Å². The van der Waals surface area contributed by atoms with E-state index >= 15 is 0 Å². The number of hydrogen-bond donors (Lipinski definition) is 1. The Morgan fingerprint density at radius 3 is 2.43 bits per heavy atom. The van der Waals surface area contributed by atoms with Gasteiger partial charge in [-0.3, -0.25) is 0 Å². The average molecular weight is 343 g/mol. The Balaban J connectivity index is 2.13. The van der Waals surface area contributed by atoms with Crippen LogP contribution in [0.1, 0.15) is 58.1 Å². The van der Waals surface area contributed by atoms with Gasteiger partial charge in [-0.25, -0.2) is 13.1 Å². The lowest BCUT2D eigenvalue weighted by Gasteiger charge is -2.30. The summed E-state index contributed by atoms with van der Waals surface area (Å²) in [6.07, 6.45) is 2.41. The highest BCUT2D eigenvalue weighted by Crippen LogP contribution is 2.34. The fraction of sp³-hybridized carbons (Fsp3) is 0.765. The first-order chi connectivity index (χ1) is 10.7. The zero-order chi connectivity index (χ0) is 17.1. The van der Waals surface area contributed by atoms with Gasteiger partial charge in [0.2, 0.25) is 10.0 Å². The lowest BCUT2D eigenvalue weighted by molar-refractivity contribution is 0.0722. The molecule has 2 heterocycles. The second-order valence-electron chi connectivity index (χ2n) is 7.41. The van der Waals surface area contributed by atoms with Crippen molar-refractivity contribution in [3.63, 3.8) is 0 Å². The van der Waals surface area contributed by atoms with Crippen molar-refractivity contribution in [1.29, 1.82) is 0 Å². The van der Waals surface area contributed by atoms with E-state index in [0.717, 1.165) is 25.0 Å². The van der Waals surface area contributed by atoms with Gasteiger partial charge in [0.25, 0.3) is 0 Å². The number of rotatable bonds is 6. The van der Waals surface area contributed by atoms with Crippen molar-refractivity contribution >= 4 is 10.0 Å². The molecule has 1 saturated heterocycles. The van der Waals surface area contributed by atoms with Crippen molar-refractivity contribution < 1.29 is 17.6 Å². The van der Waals surface area contributed by atoms with Crippen LogP contribution in [0.15, 0.2) is 16.5 Å². The van der Waals surface area contributed by atoms with Gasteiger partial charge in [-0.1, -0.05) is 27.7 Å². The van der Waals surface area contributed by atoms with E-state index < -0.39 is 10.0 Å². The topological polar surface area (TPSA) is 68.5 Å². The van der Waals surface area contributed by atoms with Crippen LogP contribution in [0.5, 0.6) is 0 Å². The molecule has 1 aromatic heterocycles. The smallest absolute Gasteiger partial charge is 0.212 e. The lowest BCUT2D eigenvalue weighted by Crippen LogP contribution is -2.39. The van der Waals surface area contributed by atoms with Crippen LogP contribution in [-0.2, 0) is 21.2 Å². The maximum atomic E-state index is 12.6. The first-order valence-electron chi connectivity index (χ1n) is 8.37. The molecule has 0 spiro atoms. The quantitative estimate of drug-likeness (QED) is 0.861. The van der Waals surface area contributed by atoms with Gasteiger partial charge < -0.3 is 9.15 Å². The van der Waals surface area contributed by atoms with Gasteiger partial charge in [0, 0.05) is 19.6 Å². The molecule has 0 amide bonds. The van der Waals surface area contributed by atoms with E-state index in [2.05, 4.69) is 4.72 Å². The molecule has 5 nitrogen and oxygen atoms in total. The van der Waals surface area contributed by atoms with Crippen LogP contribution in [0, 0.1) is 11.3 Å². The van der Waals surface area contributed by atoms with Gasteiger partial charge in [0.05, 0.1) is 11.8 Å². The van der Waals surface area contributed by atoms with Gasteiger partial charge >= 0.3 is 0 Å². The summed E-state index contributed by atoms with van der Waals surface area (Å²) in [7, 11) is -3.37. The number of nitrogens with one attached hydrogen (secondary N) is 1. The van der Waals surface area contributed by atoms with E-state index in [1.54, 1.807) is 0 Å². The van der Waals surface area contributed by atoms with Crippen LogP contribution >= 0.6 is 0 Å². The van der Waals surface area contributed by atoms with Crippen molar-refractivity contribution in [3.05, 3.63) is 23.7 Å². The fourth-order valence-electron chi connectivity index (χ4n) is 2.85. The van der Waals surface area contributed by atoms with Crippen LogP contribution < -0.4 is 4.72 Å². The molecule has 1 aliphatic heterocycles. The zero-order valence-corrected chi connectivity index (χ0v) is 15.4. The Morgan fingerprint density at radius 1 is 1.26 bits per heavy atom. The minimum atomic E-state index is -3.37. The molecule has 1 aromatic rings. The Morgan fingerprint density at radius 2 is 1.91 bits per heavy atom. The summed E-state index contributed by atoms with van der Waals surface area (Å²) in [4.78, 5) is 0. The molecule has 0 bridgehead atoms. The summed E-state index contributed by atoms with van der Waals surface area (Å²) in [6.45, 7) is 9.38. The SMILES string of the molecule is CCc1ccc([C@H](NS(=O)(=O)CC2CCOCC2)C(C)(C)C)o1. The molecular weight excluding hydrogens is 314 g/mol. The van der Waals surface area contributed by atoms with Crippen LogP contribution in [0.2, 0.25) is 0 Å². The van der Waals surface area contributed by atoms with E-state index in [4.69, 9.17) is 9.15 Å². The highest BCUT2D eigenvalue weighted by atomic mass is 32.2. The largest absolute Gasteiger partial charge is 0.464 e. The minimum absolute atomic E-state index is 0.157. The van der Waals surface area contributed by atoms with E-state index in [0.29, 0.717) is 19.0 Å². The molecule has 1 N–H and O–H groups in total. The predicted molar refractivity (Wildman–Crippen MR) is 90.7 cm³/mol. The van der Waals surface area contributed by atoms with Crippen molar-refractivity contribution in [2.24, 2.45) is 11.3 Å². The first kappa shape index (κ1) is 18.5. The fourth-order valence-corrected chi connectivity index (χ4v) is 4.73. The van der Waals surface area contributed by atoms with Gasteiger partial charge in [-0.15, -0.1) is 0 Å². The summed E-state index contributed by atoms with van der Waals surface area (Å²) in [6, 6.07) is 3.43. The number of furan rings is 1. The molecule has 0 unspecified atom stereocenters. The van der Waals surface area contributed by atoms with E-state index in [9.17, 15) is 8.42 Å². The summed E-state index contributed by atoms with van der Waals surface area (Å²) >= 11 is 0. The number of sulfonamides is 1. The number of aryl methyl sites for hydroxylation is 1. The maximum Gasteiger partial charge on any atom is 0.212 e. The average Bonchev–Trinajstić information content (AvgIpc) is 2.93. The summed E-state index contributed by atoms with van der Waals surface area (Å²) in [5, 5.41) is 0. The molecule has 2 rings (SSSR count). The van der Waals surface area contributed by atoms with Crippen LogP contribution in [0.3, 0.4) is 0 Å². The van der Waals surface area contributed by atoms with E-state index in [1.165, 1.54) is 0 Å². The third-order valence-corrected chi connectivity index (χ3v) is 5.78. The van der Waals surface area contributed by atoms with Crippen molar-refractivity contribution in [3.8, 4) is 0 Å². The Hall–Kier alpha value is -0.850. The summed E-state index contributed by atoms with van der Waals surface area (Å²) < 4.78 is 39.2. The van der Waals surface area contributed by atoms with Gasteiger partial charge in [-0.2, -0.15) is 0 Å². The van der Waals surface area contributed by atoms with Crippen LogP contribution in [-0.4, -0.2) is 27.4 Å². The van der Waals surface area contributed by atoms with Gasteiger partial charge in [-0.05, 0) is 36.3 Å². The molecule has 1 atom stereocenters. The molecule has 6 heteroatoms. The Kier molecular flexibility index (Phi) is 5.92. The highest BCUT2D eigenvalue weighted by molar-refractivity contribution is 7.89. The van der Waals surface area contributed by atoms with Crippen molar-refractivity contribution in [2.75, 3.05) is 19.0 Å². The molecule has 23 heavy (non-hydrogen) atoms. The van der Waals surface area contributed by atoms with E-state index in [1.807, 2.05) is 39.8 Å². The van der Waals surface area contributed by atoms with E-state index in [-0.39, 0.29) is 23.1 Å². The van der Waals surface area contributed by atoms with Gasteiger partial charge in [0.15, 0.2) is 0 Å². The molecule has 0 saturated carbocycles. The number of ether oxygens (including phenoxy) is 1. The number of hydrogen-bond acceptors (Lipinski definition) is 4. The first-order valence-corrected chi connectivity index (χ1v) is 10.0. The molecule has 0 aliphatic carbocycles. The summed E-state index contributed by atoms with van der Waals surface area (Å²) in [5.74, 6) is 1.89. The maximum absolute atomic E-state index is 12.6. The van der Waals surface area contributed by atoms with Crippen LogP contribution in [0.4, 0.5) is 0 Å². The van der Waals surface area contributed by atoms with Gasteiger partial charge in [0.1, 0.15) is 11.5 Å². The van der Waals surface area contributed by atoms with Crippen LogP contribution in [0.25, 0.3) is 0 Å². The summed E-state index contributed by atoms with van der Waals surface area (Å²) in [5.41, 5.74) is -0.272. The highest BCUT2D eigenvalue weighted by Gasteiger charge is 2.33.